The lowest BCUT2D eigenvalue weighted by Gasteiger charge is -2.15. The van der Waals surface area contributed by atoms with Crippen LogP contribution in [0.5, 0.6) is 0 Å². The smallest absolute Gasteiger partial charge is 0.330 e. The first-order valence-corrected chi connectivity index (χ1v) is 6.83. The van der Waals surface area contributed by atoms with Crippen molar-refractivity contribution >= 4 is 0 Å². The summed E-state index contributed by atoms with van der Waals surface area (Å²) in [4.78, 5) is 23.8. The zero-order valence-electron chi connectivity index (χ0n) is 12.1. The number of aromatic nitrogens is 2. The number of nitrogens with two attached hydrogens (primary N) is 1. The molecule has 1 rings (SSSR count). The zero-order valence-corrected chi connectivity index (χ0v) is 12.1. The first-order chi connectivity index (χ1) is 9.41. The lowest BCUT2D eigenvalue weighted by atomic mass is 9.90. The maximum absolute atomic E-state index is 12.1. The Kier molecular flexibility index (Phi) is 5.71. The number of nitrogens with zero attached hydrogens (tertiary/aromatic N) is 3. The van der Waals surface area contributed by atoms with E-state index in [4.69, 9.17) is 11.0 Å². The van der Waals surface area contributed by atoms with Gasteiger partial charge in [-0.3, -0.25) is 9.36 Å². The van der Waals surface area contributed by atoms with Crippen molar-refractivity contribution in [3.05, 3.63) is 33.1 Å². The number of hydrogen-bond acceptors (Lipinski definition) is 4. The average molecular weight is 278 g/mol. The fraction of sp³-hybridized carbons (Fsp3) is 0.643. The third-order valence-corrected chi connectivity index (χ3v) is 3.23. The molecule has 110 valence electrons. The van der Waals surface area contributed by atoms with Crippen LogP contribution < -0.4 is 17.0 Å². The van der Waals surface area contributed by atoms with E-state index < -0.39 is 5.41 Å². The summed E-state index contributed by atoms with van der Waals surface area (Å²) in [6.45, 7) is 5.04. The predicted octanol–water partition coefficient (Wildman–Crippen LogP) is 0.689. The van der Waals surface area contributed by atoms with Crippen molar-refractivity contribution in [2.24, 2.45) is 11.1 Å². The van der Waals surface area contributed by atoms with Crippen LogP contribution >= 0.6 is 0 Å². The summed E-state index contributed by atoms with van der Waals surface area (Å²) < 4.78 is 2.73. The number of nitriles is 1. The molecule has 0 radical (unpaired) electrons. The molecule has 0 aliphatic carbocycles. The van der Waals surface area contributed by atoms with E-state index in [9.17, 15) is 9.59 Å². The van der Waals surface area contributed by atoms with E-state index in [1.54, 1.807) is 0 Å². The summed E-state index contributed by atoms with van der Waals surface area (Å²) in [6.07, 6.45) is 3.54. The monoisotopic (exact) mass is 278 g/mol. The Hall–Kier alpha value is -1.87. The fourth-order valence-corrected chi connectivity index (χ4v) is 1.93. The lowest BCUT2D eigenvalue weighted by molar-refractivity contribution is 0.407. The normalized spacial score (nSPS) is 11.3. The van der Waals surface area contributed by atoms with E-state index in [0.29, 0.717) is 32.5 Å². The second-order valence-corrected chi connectivity index (χ2v) is 5.52. The average Bonchev–Trinajstić information content (AvgIpc) is 2.41. The van der Waals surface area contributed by atoms with Crippen molar-refractivity contribution in [2.75, 3.05) is 6.54 Å². The zero-order chi connectivity index (χ0) is 15.2. The molecule has 0 bridgehead atoms. The van der Waals surface area contributed by atoms with Gasteiger partial charge in [0.2, 0.25) is 0 Å². The standard InChI is InChI=1S/C14H22N4O2/c1-14(2,11-16)6-3-8-17-10-5-12(19)18(13(17)20)9-4-7-15/h5,10H,3-4,6-9,15H2,1-2H3. The quantitative estimate of drug-likeness (QED) is 0.794. The Balaban J connectivity index is 2.80. The fourth-order valence-electron chi connectivity index (χ4n) is 1.93. The highest BCUT2D eigenvalue weighted by Crippen LogP contribution is 2.20. The van der Waals surface area contributed by atoms with Crippen LogP contribution in [0.3, 0.4) is 0 Å². The summed E-state index contributed by atoms with van der Waals surface area (Å²) in [5, 5.41) is 8.95. The highest BCUT2D eigenvalue weighted by atomic mass is 16.2. The first kappa shape index (κ1) is 16.2. The Labute approximate surface area is 118 Å². The van der Waals surface area contributed by atoms with Gasteiger partial charge in [-0.2, -0.15) is 5.26 Å². The molecule has 2 N–H and O–H groups in total. The van der Waals surface area contributed by atoms with Gasteiger partial charge < -0.3 is 10.3 Å². The summed E-state index contributed by atoms with van der Waals surface area (Å²) in [7, 11) is 0. The van der Waals surface area contributed by atoms with Crippen LogP contribution in [-0.4, -0.2) is 15.7 Å². The van der Waals surface area contributed by atoms with Crippen LogP contribution in [0.15, 0.2) is 21.9 Å². The van der Waals surface area contributed by atoms with E-state index in [1.165, 1.54) is 21.4 Å². The first-order valence-electron chi connectivity index (χ1n) is 6.83. The van der Waals surface area contributed by atoms with Crippen LogP contribution in [0.2, 0.25) is 0 Å². The minimum absolute atomic E-state index is 0.294. The number of aryl methyl sites for hydroxylation is 1. The van der Waals surface area contributed by atoms with Crippen LogP contribution in [0.25, 0.3) is 0 Å². The van der Waals surface area contributed by atoms with Gasteiger partial charge in [0.25, 0.3) is 5.56 Å². The molecule has 0 unspecified atom stereocenters. The van der Waals surface area contributed by atoms with Gasteiger partial charge in [0, 0.05) is 25.4 Å². The lowest BCUT2D eigenvalue weighted by Crippen LogP contribution is -2.39. The largest absolute Gasteiger partial charge is 0.330 e. The third kappa shape index (κ3) is 4.35. The SMILES string of the molecule is CC(C)(C#N)CCCn1ccc(=O)n(CCCN)c1=O. The van der Waals surface area contributed by atoms with Crippen molar-refractivity contribution in [1.82, 2.24) is 9.13 Å². The molecule has 1 aromatic rings. The van der Waals surface area contributed by atoms with Gasteiger partial charge in [-0.25, -0.2) is 4.79 Å². The van der Waals surface area contributed by atoms with Crippen molar-refractivity contribution < 1.29 is 0 Å². The molecule has 0 spiro atoms. The molecule has 1 aromatic heterocycles. The van der Waals surface area contributed by atoms with E-state index in [2.05, 4.69) is 6.07 Å². The molecule has 0 aliphatic rings. The molecule has 6 nitrogen and oxygen atoms in total. The Morgan fingerprint density at radius 1 is 1.30 bits per heavy atom. The molecule has 1 heterocycles. The minimum Gasteiger partial charge on any atom is -0.330 e. The van der Waals surface area contributed by atoms with Crippen molar-refractivity contribution in [2.45, 2.75) is 46.2 Å². The topological polar surface area (TPSA) is 93.8 Å². The van der Waals surface area contributed by atoms with Crippen molar-refractivity contribution in [3.63, 3.8) is 0 Å². The summed E-state index contributed by atoms with van der Waals surface area (Å²) in [6, 6.07) is 3.63. The maximum atomic E-state index is 12.1. The molecule has 0 aromatic carbocycles. The maximum Gasteiger partial charge on any atom is 0.330 e. The molecule has 20 heavy (non-hydrogen) atoms. The Bertz CT molecular complexity index is 592. The van der Waals surface area contributed by atoms with Gasteiger partial charge in [-0.15, -0.1) is 0 Å². The highest BCUT2D eigenvalue weighted by Gasteiger charge is 2.16. The number of hydrogen-bond donors (Lipinski definition) is 1. The summed E-state index contributed by atoms with van der Waals surface area (Å²) >= 11 is 0. The highest BCUT2D eigenvalue weighted by molar-refractivity contribution is 4.92. The minimum atomic E-state index is -0.391. The van der Waals surface area contributed by atoms with Gasteiger partial charge in [0.15, 0.2) is 0 Å². The van der Waals surface area contributed by atoms with Crippen LogP contribution in [0, 0.1) is 16.7 Å². The van der Waals surface area contributed by atoms with Gasteiger partial charge in [-0.1, -0.05) is 0 Å². The van der Waals surface area contributed by atoms with E-state index >= 15 is 0 Å². The molecule has 6 heteroatoms. The van der Waals surface area contributed by atoms with Crippen LogP contribution in [0.4, 0.5) is 0 Å². The molecule has 0 amide bonds. The van der Waals surface area contributed by atoms with Gasteiger partial charge in [0.05, 0.1) is 11.5 Å². The van der Waals surface area contributed by atoms with Crippen molar-refractivity contribution in [3.8, 4) is 6.07 Å². The molecular formula is C14H22N4O2. The number of rotatable bonds is 7. The van der Waals surface area contributed by atoms with Gasteiger partial charge in [-0.05, 0) is 39.7 Å². The van der Waals surface area contributed by atoms with Crippen LogP contribution in [-0.2, 0) is 13.1 Å². The molecule has 0 aliphatic heterocycles. The second-order valence-electron chi connectivity index (χ2n) is 5.52. The predicted molar refractivity (Wildman–Crippen MR) is 77.3 cm³/mol. The van der Waals surface area contributed by atoms with Gasteiger partial charge in [0.1, 0.15) is 0 Å². The van der Waals surface area contributed by atoms with Crippen molar-refractivity contribution in [1.29, 1.82) is 5.26 Å². The Morgan fingerprint density at radius 3 is 2.60 bits per heavy atom. The Morgan fingerprint density at radius 2 is 2.00 bits per heavy atom. The third-order valence-electron chi connectivity index (χ3n) is 3.23. The van der Waals surface area contributed by atoms with Gasteiger partial charge >= 0.3 is 5.69 Å². The molecule has 0 saturated heterocycles. The van der Waals surface area contributed by atoms with E-state index in [0.717, 1.165) is 6.42 Å². The second kappa shape index (κ2) is 7.06. The molecule has 0 fully saturated rings. The summed E-state index contributed by atoms with van der Waals surface area (Å²) in [5.41, 5.74) is 4.41. The van der Waals surface area contributed by atoms with E-state index in [1.807, 2.05) is 13.8 Å². The van der Waals surface area contributed by atoms with E-state index in [-0.39, 0.29) is 11.2 Å². The summed E-state index contributed by atoms with van der Waals surface area (Å²) in [5.74, 6) is 0. The molecule has 0 saturated carbocycles. The molecular weight excluding hydrogens is 256 g/mol. The molecule has 0 atom stereocenters. The van der Waals surface area contributed by atoms with Crippen LogP contribution in [0.1, 0.15) is 33.1 Å².